The maximum Gasteiger partial charge on any atom is 0.340 e. The van der Waals surface area contributed by atoms with Gasteiger partial charge in [-0.2, -0.15) is 0 Å². The van der Waals surface area contributed by atoms with E-state index in [4.69, 9.17) is 10.5 Å². The summed E-state index contributed by atoms with van der Waals surface area (Å²) in [6.07, 6.45) is 6.42. The summed E-state index contributed by atoms with van der Waals surface area (Å²) in [7, 11) is 0. The molecular weight excluding hydrogens is 264 g/mol. The molecule has 2 rings (SSSR count). The van der Waals surface area contributed by atoms with Gasteiger partial charge in [-0.25, -0.2) is 4.79 Å². The van der Waals surface area contributed by atoms with Gasteiger partial charge < -0.3 is 15.8 Å². The van der Waals surface area contributed by atoms with Gasteiger partial charge in [-0.3, -0.25) is 0 Å². The Labute approximate surface area is 127 Å². The zero-order valence-corrected chi connectivity index (χ0v) is 13.0. The topological polar surface area (TPSA) is 64.3 Å². The first-order chi connectivity index (χ1) is 10.1. The number of anilines is 2. The van der Waals surface area contributed by atoms with Crippen LogP contribution in [0.2, 0.25) is 0 Å². The van der Waals surface area contributed by atoms with Crippen molar-refractivity contribution in [3.63, 3.8) is 0 Å². The number of hydrogen-bond donors (Lipinski definition) is 2. The maximum absolute atomic E-state index is 12.1. The number of rotatable bonds is 5. The van der Waals surface area contributed by atoms with Gasteiger partial charge in [0.25, 0.3) is 0 Å². The van der Waals surface area contributed by atoms with Crippen molar-refractivity contribution >= 4 is 17.3 Å². The summed E-state index contributed by atoms with van der Waals surface area (Å²) in [5.74, 6) is 0.330. The maximum atomic E-state index is 12.1. The predicted molar refractivity (Wildman–Crippen MR) is 86.5 cm³/mol. The fourth-order valence-electron chi connectivity index (χ4n) is 3.09. The third-order valence-corrected chi connectivity index (χ3v) is 4.32. The summed E-state index contributed by atoms with van der Waals surface area (Å²) in [4.78, 5) is 12.1. The number of carbonyl (C=O) groups is 1. The standard InChI is InChI=1S/C17H26N2O2/c1-3-21-17(20)14-10-7-11-15(18)16(14)19-12(2)13-8-5-4-6-9-13/h7,10-13,19H,3-6,8-9,18H2,1-2H3. The highest BCUT2D eigenvalue weighted by atomic mass is 16.5. The number of nitrogens with two attached hydrogens (primary N) is 1. The lowest BCUT2D eigenvalue weighted by Gasteiger charge is -2.30. The predicted octanol–water partition coefficient (Wildman–Crippen LogP) is 3.83. The molecule has 0 amide bonds. The molecule has 1 atom stereocenters. The quantitative estimate of drug-likeness (QED) is 0.639. The first kappa shape index (κ1) is 15.7. The number of carbonyl (C=O) groups excluding carboxylic acids is 1. The minimum absolute atomic E-state index is 0.308. The van der Waals surface area contributed by atoms with E-state index in [-0.39, 0.29) is 5.97 Å². The molecule has 4 heteroatoms. The van der Waals surface area contributed by atoms with Crippen molar-refractivity contribution in [3.8, 4) is 0 Å². The van der Waals surface area contributed by atoms with Crippen LogP contribution in [0.1, 0.15) is 56.3 Å². The van der Waals surface area contributed by atoms with Crippen molar-refractivity contribution in [1.82, 2.24) is 0 Å². The highest BCUT2D eigenvalue weighted by molar-refractivity contribution is 5.98. The summed E-state index contributed by atoms with van der Waals surface area (Å²) in [6, 6.07) is 5.68. The Bertz CT molecular complexity index is 482. The second-order valence-corrected chi connectivity index (χ2v) is 5.82. The monoisotopic (exact) mass is 290 g/mol. The molecule has 116 valence electrons. The first-order valence-corrected chi connectivity index (χ1v) is 7.95. The normalized spacial score (nSPS) is 17.2. The van der Waals surface area contributed by atoms with Gasteiger partial charge in [-0.05, 0) is 44.7 Å². The van der Waals surface area contributed by atoms with Crippen LogP contribution >= 0.6 is 0 Å². The van der Waals surface area contributed by atoms with E-state index in [1.54, 1.807) is 12.1 Å². The van der Waals surface area contributed by atoms with E-state index in [0.29, 0.717) is 35.5 Å². The molecule has 0 aliphatic heterocycles. The van der Waals surface area contributed by atoms with Crippen molar-refractivity contribution in [3.05, 3.63) is 23.8 Å². The van der Waals surface area contributed by atoms with Gasteiger partial charge in [0.2, 0.25) is 0 Å². The number of hydrogen-bond acceptors (Lipinski definition) is 4. The molecular formula is C17H26N2O2. The van der Waals surface area contributed by atoms with Crippen molar-refractivity contribution in [2.45, 2.75) is 52.0 Å². The van der Waals surface area contributed by atoms with Crippen LogP contribution in [-0.4, -0.2) is 18.6 Å². The van der Waals surface area contributed by atoms with Crippen molar-refractivity contribution < 1.29 is 9.53 Å². The van der Waals surface area contributed by atoms with Crippen LogP contribution in [0, 0.1) is 5.92 Å². The lowest BCUT2D eigenvalue weighted by Crippen LogP contribution is -2.29. The fraction of sp³-hybridized carbons (Fsp3) is 0.588. The van der Waals surface area contributed by atoms with Crippen LogP contribution in [0.5, 0.6) is 0 Å². The molecule has 1 fully saturated rings. The Balaban J connectivity index is 2.15. The average molecular weight is 290 g/mol. The third-order valence-electron chi connectivity index (χ3n) is 4.32. The van der Waals surface area contributed by atoms with E-state index >= 15 is 0 Å². The van der Waals surface area contributed by atoms with Crippen LogP contribution in [0.3, 0.4) is 0 Å². The van der Waals surface area contributed by atoms with Crippen molar-refractivity contribution in [2.75, 3.05) is 17.7 Å². The van der Waals surface area contributed by atoms with Crippen molar-refractivity contribution in [2.24, 2.45) is 5.92 Å². The number of nitrogen functional groups attached to an aromatic ring is 1. The summed E-state index contributed by atoms with van der Waals surface area (Å²) in [5, 5.41) is 3.46. The second kappa shape index (κ2) is 7.34. The number of benzene rings is 1. The van der Waals surface area contributed by atoms with Gasteiger partial charge in [0.1, 0.15) is 0 Å². The highest BCUT2D eigenvalue weighted by Gasteiger charge is 2.23. The fourth-order valence-corrected chi connectivity index (χ4v) is 3.09. The van der Waals surface area contributed by atoms with Crippen LogP contribution in [0.15, 0.2) is 18.2 Å². The third kappa shape index (κ3) is 3.90. The molecule has 0 heterocycles. The molecule has 0 spiro atoms. The minimum Gasteiger partial charge on any atom is -0.462 e. The largest absolute Gasteiger partial charge is 0.462 e. The van der Waals surface area contributed by atoms with Gasteiger partial charge in [0.15, 0.2) is 0 Å². The molecule has 1 aromatic carbocycles. The van der Waals surface area contributed by atoms with Crippen LogP contribution in [0.4, 0.5) is 11.4 Å². The van der Waals surface area contributed by atoms with Gasteiger partial charge in [0.05, 0.1) is 23.5 Å². The highest BCUT2D eigenvalue weighted by Crippen LogP contribution is 2.31. The van der Waals surface area contributed by atoms with E-state index in [0.717, 1.165) is 0 Å². The molecule has 4 nitrogen and oxygen atoms in total. The molecule has 1 aromatic rings. The Kier molecular flexibility index (Phi) is 5.48. The number of nitrogens with one attached hydrogen (secondary N) is 1. The van der Waals surface area contributed by atoms with Crippen LogP contribution < -0.4 is 11.1 Å². The average Bonchev–Trinajstić information content (AvgIpc) is 2.50. The Morgan fingerprint density at radius 1 is 1.38 bits per heavy atom. The zero-order valence-electron chi connectivity index (χ0n) is 13.0. The molecule has 0 bridgehead atoms. The summed E-state index contributed by atoms with van der Waals surface area (Å²) in [6.45, 7) is 4.35. The molecule has 1 aliphatic carbocycles. The minimum atomic E-state index is -0.317. The number of esters is 1. The van der Waals surface area contributed by atoms with Crippen LogP contribution in [-0.2, 0) is 4.74 Å². The molecule has 0 aromatic heterocycles. The summed E-state index contributed by atoms with van der Waals surface area (Å²) in [5.41, 5.74) is 7.91. The molecule has 0 radical (unpaired) electrons. The van der Waals surface area contributed by atoms with Gasteiger partial charge in [-0.1, -0.05) is 25.3 Å². The van der Waals surface area contributed by atoms with Gasteiger partial charge >= 0.3 is 5.97 Å². The molecule has 1 aliphatic rings. The summed E-state index contributed by atoms with van der Waals surface area (Å²) < 4.78 is 5.12. The lowest BCUT2D eigenvalue weighted by molar-refractivity contribution is 0.0527. The second-order valence-electron chi connectivity index (χ2n) is 5.82. The van der Waals surface area contributed by atoms with Crippen molar-refractivity contribution in [1.29, 1.82) is 0 Å². The first-order valence-electron chi connectivity index (χ1n) is 7.95. The van der Waals surface area contributed by atoms with E-state index in [9.17, 15) is 4.79 Å². The summed E-state index contributed by atoms with van der Waals surface area (Å²) >= 11 is 0. The van der Waals surface area contributed by atoms with Gasteiger partial charge in [0, 0.05) is 6.04 Å². The van der Waals surface area contributed by atoms with E-state index in [1.807, 2.05) is 13.0 Å². The molecule has 0 saturated heterocycles. The van der Waals surface area contributed by atoms with E-state index in [1.165, 1.54) is 32.1 Å². The molecule has 3 N–H and O–H groups in total. The molecule has 1 unspecified atom stereocenters. The Hall–Kier alpha value is -1.71. The SMILES string of the molecule is CCOC(=O)c1cccc(N)c1NC(C)C1CCCCC1. The number of ether oxygens (including phenoxy) is 1. The Morgan fingerprint density at radius 2 is 2.10 bits per heavy atom. The Morgan fingerprint density at radius 3 is 2.76 bits per heavy atom. The number of para-hydroxylation sites is 1. The zero-order chi connectivity index (χ0) is 15.2. The lowest BCUT2D eigenvalue weighted by atomic mass is 9.84. The molecule has 1 saturated carbocycles. The van der Waals surface area contributed by atoms with Gasteiger partial charge in [-0.15, -0.1) is 0 Å². The van der Waals surface area contributed by atoms with E-state index < -0.39 is 0 Å². The van der Waals surface area contributed by atoms with E-state index in [2.05, 4.69) is 12.2 Å². The smallest absolute Gasteiger partial charge is 0.340 e. The molecule has 21 heavy (non-hydrogen) atoms. The van der Waals surface area contributed by atoms with Crippen LogP contribution in [0.25, 0.3) is 0 Å².